The molecule has 2 aromatic carbocycles. The Morgan fingerprint density at radius 2 is 1.68 bits per heavy atom. The molecular weight excluding hydrogens is 486 g/mol. The van der Waals surface area contributed by atoms with E-state index >= 15 is 0 Å². The highest BCUT2D eigenvalue weighted by atomic mass is 79.9. The normalized spacial score (nSPS) is 12.0. The molecule has 10 heteroatoms. The number of hydrogen-bond acceptors (Lipinski definition) is 5. The summed E-state index contributed by atoms with van der Waals surface area (Å²) in [4.78, 5) is 26.9. The van der Waals surface area contributed by atoms with E-state index < -0.39 is 28.5 Å². The molecule has 1 N–H and O–H groups in total. The molecule has 2 aromatic rings. The van der Waals surface area contributed by atoms with Crippen molar-refractivity contribution in [3.05, 3.63) is 58.6 Å². The molecule has 0 bridgehead atoms. The van der Waals surface area contributed by atoms with Crippen LogP contribution >= 0.6 is 15.9 Å². The minimum Gasteiger partial charge on any atom is -0.497 e. The van der Waals surface area contributed by atoms with Crippen molar-refractivity contribution in [2.45, 2.75) is 19.5 Å². The van der Waals surface area contributed by atoms with E-state index in [-0.39, 0.29) is 12.5 Å². The Bertz CT molecular complexity index is 1010. The van der Waals surface area contributed by atoms with Gasteiger partial charge >= 0.3 is 0 Å². The first-order valence-electron chi connectivity index (χ1n) is 9.44. The van der Waals surface area contributed by atoms with Crippen molar-refractivity contribution < 1.29 is 22.7 Å². The number of rotatable bonds is 9. The van der Waals surface area contributed by atoms with Gasteiger partial charge in [0.2, 0.25) is 21.8 Å². The fraction of sp³-hybridized carbons (Fsp3) is 0.333. The first kappa shape index (κ1) is 24.7. The van der Waals surface area contributed by atoms with Gasteiger partial charge in [-0.3, -0.25) is 13.9 Å². The van der Waals surface area contributed by atoms with Gasteiger partial charge in [0.05, 0.1) is 19.1 Å². The minimum atomic E-state index is -3.76. The minimum absolute atomic E-state index is 0.154. The predicted octanol–water partition coefficient (Wildman–Crippen LogP) is 2.39. The molecule has 0 aliphatic carbocycles. The summed E-state index contributed by atoms with van der Waals surface area (Å²) in [5, 5.41) is 2.54. The van der Waals surface area contributed by atoms with E-state index in [9.17, 15) is 18.0 Å². The molecule has 0 radical (unpaired) electrons. The van der Waals surface area contributed by atoms with Gasteiger partial charge in [-0.05, 0) is 48.9 Å². The molecule has 31 heavy (non-hydrogen) atoms. The molecular formula is C21H26BrN3O5S. The molecule has 0 aromatic heterocycles. The van der Waals surface area contributed by atoms with Crippen molar-refractivity contribution >= 4 is 43.5 Å². The number of benzene rings is 2. The summed E-state index contributed by atoms with van der Waals surface area (Å²) in [6.07, 6.45) is 1.03. The van der Waals surface area contributed by atoms with Gasteiger partial charge in [0.1, 0.15) is 18.3 Å². The van der Waals surface area contributed by atoms with Crippen LogP contribution in [0.4, 0.5) is 5.69 Å². The number of nitrogens with zero attached hydrogens (tertiary/aromatic N) is 2. The highest BCUT2D eigenvalue weighted by Gasteiger charge is 2.29. The number of methoxy groups -OCH3 is 1. The molecule has 0 spiro atoms. The zero-order valence-electron chi connectivity index (χ0n) is 17.8. The summed E-state index contributed by atoms with van der Waals surface area (Å²) >= 11 is 3.37. The Kier molecular flexibility index (Phi) is 8.46. The van der Waals surface area contributed by atoms with Crippen LogP contribution in [0.3, 0.4) is 0 Å². The quantitative estimate of drug-likeness (QED) is 0.557. The van der Waals surface area contributed by atoms with Crippen molar-refractivity contribution in [1.82, 2.24) is 10.2 Å². The van der Waals surface area contributed by atoms with Gasteiger partial charge in [-0.25, -0.2) is 8.42 Å². The SMILES string of the molecule is CNC(=O)[C@@H](C)N(Cc1ccc(Br)cc1)C(=O)CN(c1ccc(OC)cc1)S(C)(=O)=O. The molecule has 8 nitrogen and oxygen atoms in total. The summed E-state index contributed by atoms with van der Waals surface area (Å²) in [6, 6.07) is 12.9. The number of anilines is 1. The zero-order valence-corrected chi connectivity index (χ0v) is 20.2. The largest absolute Gasteiger partial charge is 0.497 e. The summed E-state index contributed by atoms with van der Waals surface area (Å²) < 4.78 is 31.9. The van der Waals surface area contributed by atoms with Crippen LogP contribution in [-0.2, 0) is 26.2 Å². The third-order valence-corrected chi connectivity index (χ3v) is 6.39. The molecule has 0 unspecified atom stereocenters. The van der Waals surface area contributed by atoms with E-state index in [1.54, 1.807) is 31.2 Å². The van der Waals surface area contributed by atoms with E-state index in [2.05, 4.69) is 21.2 Å². The standard InChI is InChI=1S/C21H26BrN3O5S/c1-15(21(27)23-2)24(13-16-5-7-17(22)8-6-16)20(26)14-25(31(4,28)29)18-9-11-19(30-3)12-10-18/h5-12,15H,13-14H2,1-4H3,(H,23,27)/t15-/m1/s1. The lowest BCUT2D eigenvalue weighted by Gasteiger charge is -2.31. The fourth-order valence-corrected chi connectivity index (χ4v) is 4.05. The van der Waals surface area contributed by atoms with Crippen molar-refractivity contribution in [2.75, 3.05) is 31.3 Å². The molecule has 2 rings (SSSR count). The second-order valence-corrected chi connectivity index (χ2v) is 9.73. The number of likely N-dealkylation sites (N-methyl/N-ethyl adjacent to an activating group) is 1. The summed E-state index contributed by atoms with van der Waals surface area (Å²) in [6.45, 7) is 1.32. The maximum atomic E-state index is 13.2. The number of ether oxygens (including phenoxy) is 1. The van der Waals surface area contributed by atoms with E-state index in [0.29, 0.717) is 11.4 Å². The van der Waals surface area contributed by atoms with Gasteiger partial charge in [0.25, 0.3) is 0 Å². The number of halogens is 1. The first-order valence-corrected chi connectivity index (χ1v) is 12.1. The number of sulfonamides is 1. The molecule has 0 heterocycles. The average molecular weight is 512 g/mol. The molecule has 168 valence electrons. The second kappa shape index (κ2) is 10.6. The summed E-state index contributed by atoms with van der Waals surface area (Å²) in [5.41, 5.74) is 1.13. The zero-order chi connectivity index (χ0) is 23.2. The Morgan fingerprint density at radius 3 is 2.16 bits per heavy atom. The van der Waals surface area contributed by atoms with Gasteiger partial charge in [-0.2, -0.15) is 0 Å². The second-order valence-electron chi connectivity index (χ2n) is 6.91. The van der Waals surface area contributed by atoms with Crippen molar-refractivity contribution in [3.8, 4) is 5.75 Å². The van der Waals surface area contributed by atoms with Gasteiger partial charge < -0.3 is 15.0 Å². The number of amides is 2. The highest BCUT2D eigenvalue weighted by molar-refractivity contribution is 9.10. The fourth-order valence-electron chi connectivity index (χ4n) is 2.94. The van der Waals surface area contributed by atoms with Gasteiger partial charge in [0, 0.05) is 18.1 Å². The van der Waals surface area contributed by atoms with Crippen molar-refractivity contribution in [3.63, 3.8) is 0 Å². The predicted molar refractivity (Wildman–Crippen MR) is 123 cm³/mol. The van der Waals surface area contributed by atoms with Crippen molar-refractivity contribution in [2.24, 2.45) is 0 Å². The number of carbonyl (C=O) groups is 2. The Balaban J connectivity index is 2.35. The van der Waals surface area contributed by atoms with Crippen LogP contribution in [0.15, 0.2) is 53.0 Å². The van der Waals surface area contributed by atoms with Crippen LogP contribution in [0.25, 0.3) is 0 Å². The summed E-state index contributed by atoms with van der Waals surface area (Å²) in [5.74, 6) is -0.283. The lowest BCUT2D eigenvalue weighted by Crippen LogP contribution is -2.50. The van der Waals surface area contributed by atoms with Crippen LogP contribution in [0.1, 0.15) is 12.5 Å². The van der Waals surface area contributed by atoms with Crippen LogP contribution in [0.5, 0.6) is 5.75 Å². The number of nitrogens with one attached hydrogen (secondary N) is 1. The van der Waals surface area contributed by atoms with Crippen LogP contribution in [0.2, 0.25) is 0 Å². The third kappa shape index (κ3) is 6.70. The Morgan fingerprint density at radius 1 is 1.10 bits per heavy atom. The topological polar surface area (TPSA) is 96.0 Å². The highest BCUT2D eigenvalue weighted by Crippen LogP contribution is 2.22. The van der Waals surface area contributed by atoms with Crippen LogP contribution in [-0.4, -0.2) is 58.1 Å². The van der Waals surface area contributed by atoms with Crippen LogP contribution in [0, 0.1) is 0 Å². The Labute approximate surface area is 191 Å². The van der Waals surface area contributed by atoms with E-state index in [0.717, 1.165) is 20.6 Å². The summed E-state index contributed by atoms with van der Waals surface area (Å²) in [7, 11) is -0.763. The van der Waals surface area contributed by atoms with Gasteiger partial charge in [0.15, 0.2) is 0 Å². The van der Waals surface area contributed by atoms with Crippen LogP contribution < -0.4 is 14.4 Å². The molecule has 0 saturated carbocycles. The molecule has 0 aliphatic rings. The van der Waals surface area contributed by atoms with Gasteiger partial charge in [-0.1, -0.05) is 28.1 Å². The van der Waals surface area contributed by atoms with E-state index in [1.807, 2.05) is 24.3 Å². The average Bonchev–Trinajstić information content (AvgIpc) is 2.75. The maximum absolute atomic E-state index is 13.2. The molecule has 1 atom stereocenters. The first-order chi connectivity index (χ1) is 14.6. The smallest absolute Gasteiger partial charge is 0.244 e. The number of carbonyl (C=O) groups excluding carboxylic acids is 2. The monoisotopic (exact) mass is 511 g/mol. The molecule has 0 fully saturated rings. The van der Waals surface area contributed by atoms with E-state index in [4.69, 9.17) is 4.74 Å². The third-order valence-electron chi connectivity index (χ3n) is 4.72. The van der Waals surface area contributed by atoms with E-state index in [1.165, 1.54) is 19.1 Å². The molecule has 0 aliphatic heterocycles. The van der Waals surface area contributed by atoms with Gasteiger partial charge in [-0.15, -0.1) is 0 Å². The van der Waals surface area contributed by atoms with Crippen molar-refractivity contribution in [1.29, 1.82) is 0 Å². The lowest BCUT2D eigenvalue weighted by atomic mass is 10.1. The maximum Gasteiger partial charge on any atom is 0.244 e. The molecule has 2 amide bonds. The Hall–Kier alpha value is -2.59. The lowest BCUT2D eigenvalue weighted by molar-refractivity contribution is -0.139. The number of hydrogen-bond donors (Lipinski definition) is 1. The molecule has 0 saturated heterocycles.